The molecule has 2 N–H and O–H groups in total. The van der Waals surface area contributed by atoms with Crippen LogP contribution in [0.15, 0.2) is 30.3 Å². The van der Waals surface area contributed by atoms with E-state index in [1.807, 2.05) is 18.2 Å². The number of hydrogen-bond acceptors (Lipinski definition) is 7. The molecule has 2 aromatic rings. The molecule has 0 saturated carbocycles. The highest BCUT2D eigenvalue weighted by atomic mass is 16.7. The van der Waals surface area contributed by atoms with E-state index < -0.39 is 5.92 Å². The van der Waals surface area contributed by atoms with Crippen LogP contribution in [0, 0.1) is 5.92 Å². The molecule has 0 aromatic heterocycles. The number of ether oxygens (including phenoxy) is 4. The quantitative estimate of drug-likeness (QED) is 0.679. The van der Waals surface area contributed by atoms with E-state index in [0.717, 1.165) is 18.4 Å². The Hall–Kier alpha value is -3.13. The highest BCUT2D eigenvalue weighted by molar-refractivity contribution is 5.78. The van der Waals surface area contributed by atoms with Crippen LogP contribution in [0.3, 0.4) is 0 Å². The molecular weight excluding hydrogens is 414 g/mol. The fourth-order valence-electron chi connectivity index (χ4n) is 4.49. The highest BCUT2D eigenvalue weighted by Gasteiger charge is 2.31. The third-order valence-electron chi connectivity index (χ3n) is 6.21. The van der Waals surface area contributed by atoms with Gasteiger partial charge in [-0.2, -0.15) is 0 Å². The predicted octanol–water partition coefficient (Wildman–Crippen LogP) is 2.89. The average molecular weight is 443 g/mol. The number of carbonyl (C=O) groups excluding carboxylic acids is 1. The largest absolute Gasteiger partial charge is 0.507 e. The fourth-order valence-corrected chi connectivity index (χ4v) is 4.49. The lowest BCUT2D eigenvalue weighted by Gasteiger charge is -2.33. The number of aromatic hydroxyl groups is 1. The number of hydrogen-bond donors (Lipinski definition) is 2. The summed E-state index contributed by atoms with van der Waals surface area (Å²) in [7, 11) is 3.04. The third-order valence-corrected chi connectivity index (χ3v) is 6.21. The van der Waals surface area contributed by atoms with E-state index in [4.69, 9.17) is 18.9 Å². The van der Waals surface area contributed by atoms with E-state index >= 15 is 0 Å². The third kappa shape index (κ3) is 4.41. The molecule has 2 aromatic carbocycles. The number of methoxy groups -OCH3 is 2. The molecule has 8 heteroatoms. The van der Waals surface area contributed by atoms with Gasteiger partial charge in [0.2, 0.25) is 12.7 Å². The van der Waals surface area contributed by atoms with Gasteiger partial charge in [0.25, 0.3) is 0 Å². The molecular formula is C24H29NO7. The van der Waals surface area contributed by atoms with E-state index in [2.05, 4.69) is 0 Å². The summed E-state index contributed by atoms with van der Waals surface area (Å²) in [5.74, 6) is 1.71. The van der Waals surface area contributed by atoms with Crippen molar-refractivity contribution in [1.82, 2.24) is 4.90 Å². The summed E-state index contributed by atoms with van der Waals surface area (Å²) in [5, 5.41) is 20.4. The van der Waals surface area contributed by atoms with Crippen LogP contribution in [-0.2, 0) is 4.79 Å². The zero-order chi connectivity index (χ0) is 22.7. The van der Waals surface area contributed by atoms with Crippen molar-refractivity contribution in [2.45, 2.75) is 25.2 Å². The number of benzene rings is 2. The highest BCUT2D eigenvalue weighted by Crippen LogP contribution is 2.45. The molecule has 2 unspecified atom stereocenters. The smallest absolute Gasteiger partial charge is 0.231 e. The van der Waals surface area contributed by atoms with Crippen molar-refractivity contribution < 1.29 is 34.0 Å². The average Bonchev–Trinajstić information content (AvgIpc) is 3.30. The van der Waals surface area contributed by atoms with Gasteiger partial charge in [-0.15, -0.1) is 0 Å². The van der Waals surface area contributed by atoms with Crippen LogP contribution in [0.2, 0.25) is 0 Å². The molecule has 1 saturated heterocycles. The van der Waals surface area contributed by atoms with Gasteiger partial charge in [-0.3, -0.25) is 4.79 Å². The number of likely N-dealkylation sites (tertiary alicyclic amines) is 1. The number of aliphatic hydroxyl groups excluding tert-OH is 1. The van der Waals surface area contributed by atoms with Crippen molar-refractivity contribution in [3.63, 3.8) is 0 Å². The SMILES string of the molecule is COc1cc(O)c(C(CC(=O)N2CCCC(CO)C2)c2ccc3c(c2)OCO3)c(OC)c1. The molecule has 8 nitrogen and oxygen atoms in total. The number of aliphatic hydroxyl groups is 1. The number of phenolic OH excluding ortho intramolecular Hbond substituents is 1. The maximum atomic E-state index is 13.3. The molecule has 32 heavy (non-hydrogen) atoms. The van der Waals surface area contributed by atoms with Crippen LogP contribution in [0.4, 0.5) is 0 Å². The minimum Gasteiger partial charge on any atom is -0.507 e. The van der Waals surface area contributed by atoms with E-state index in [1.165, 1.54) is 20.3 Å². The van der Waals surface area contributed by atoms with Crippen molar-refractivity contribution in [2.75, 3.05) is 40.7 Å². The molecule has 1 fully saturated rings. The van der Waals surface area contributed by atoms with Gasteiger partial charge in [-0.25, -0.2) is 0 Å². The summed E-state index contributed by atoms with van der Waals surface area (Å²) in [5.41, 5.74) is 1.31. The molecule has 2 aliphatic heterocycles. The number of rotatable bonds is 7. The second kappa shape index (κ2) is 9.56. The van der Waals surface area contributed by atoms with Crippen LogP contribution in [0.1, 0.15) is 36.3 Å². The van der Waals surface area contributed by atoms with E-state index in [9.17, 15) is 15.0 Å². The molecule has 0 bridgehead atoms. The second-order valence-corrected chi connectivity index (χ2v) is 8.16. The van der Waals surface area contributed by atoms with E-state index in [-0.39, 0.29) is 37.4 Å². The summed E-state index contributed by atoms with van der Waals surface area (Å²) in [6.07, 6.45) is 1.91. The Kier molecular flexibility index (Phi) is 6.60. The van der Waals surface area contributed by atoms with Crippen molar-refractivity contribution in [1.29, 1.82) is 0 Å². The van der Waals surface area contributed by atoms with Crippen molar-refractivity contribution in [3.8, 4) is 28.7 Å². The molecule has 1 amide bonds. The summed E-state index contributed by atoms with van der Waals surface area (Å²) in [4.78, 5) is 15.1. The first-order chi connectivity index (χ1) is 15.5. The Morgan fingerprint density at radius 3 is 2.75 bits per heavy atom. The number of amides is 1. The first-order valence-electron chi connectivity index (χ1n) is 10.8. The second-order valence-electron chi connectivity index (χ2n) is 8.16. The lowest BCUT2D eigenvalue weighted by molar-refractivity contribution is -0.133. The normalized spacial score (nSPS) is 18.3. The molecule has 0 spiro atoms. The van der Waals surface area contributed by atoms with Gasteiger partial charge >= 0.3 is 0 Å². The number of nitrogens with zero attached hydrogens (tertiary/aromatic N) is 1. The Labute approximate surface area is 187 Å². The molecule has 2 heterocycles. The first kappa shape index (κ1) is 22.1. The topological polar surface area (TPSA) is 97.7 Å². The predicted molar refractivity (Wildman–Crippen MR) is 117 cm³/mol. The summed E-state index contributed by atoms with van der Waals surface area (Å²) in [6, 6.07) is 8.75. The van der Waals surface area contributed by atoms with Crippen molar-refractivity contribution >= 4 is 5.91 Å². The molecule has 2 atom stereocenters. The monoisotopic (exact) mass is 443 g/mol. The molecule has 0 radical (unpaired) electrons. The number of carbonyl (C=O) groups is 1. The first-order valence-corrected chi connectivity index (χ1v) is 10.8. The van der Waals surface area contributed by atoms with Crippen LogP contribution in [0.25, 0.3) is 0 Å². The maximum Gasteiger partial charge on any atom is 0.231 e. The van der Waals surface area contributed by atoms with Gasteiger partial charge in [0.05, 0.1) is 14.2 Å². The lowest BCUT2D eigenvalue weighted by Crippen LogP contribution is -2.41. The minimum absolute atomic E-state index is 0.0106. The van der Waals surface area contributed by atoms with Gasteiger partial charge in [-0.05, 0) is 36.5 Å². The van der Waals surface area contributed by atoms with Gasteiger partial charge in [-0.1, -0.05) is 6.07 Å². The summed E-state index contributed by atoms with van der Waals surface area (Å²) in [6.45, 7) is 1.42. The van der Waals surface area contributed by atoms with Gasteiger partial charge in [0.15, 0.2) is 11.5 Å². The number of fused-ring (bicyclic) bond motifs is 1. The minimum atomic E-state index is -0.479. The molecule has 2 aliphatic rings. The summed E-state index contributed by atoms with van der Waals surface area (Å²) >= 11 is 0. The zero-order valence-electron chi connectivity index (χ0n) is 18.4. The van der Waals surface area contributed by atoms with Crippen LogP contribution >= 0.6 is 0 Å². The zero-order valence-corrected chi connectivity index (χ0v) is 18.4. The summed E-state index contributed by atoms with van der Waals surface area (Å²) < 4.78 is 21.8. The van der Waals surface area contributed by atoms with E-state index in [1.54, 1.807) is 11.0 Å². The molecule has 0 aliphatic carbocycles. The Morgan fingerprint density at radius 1 is 1.19 bits per heavy atom. The van der Waals surface area contributed by atoms with Crippen molar-refractivity contribution in [2.24, 2.45) is 5.92 Å². The lowest BCUT2D eigenvalue weighted by atomic mass is 9.86. The van der Waals surface area contributed by atoms with Crippen LogP contribution in [-0.4, -0.2) is 61.7 Å². The van der Waals surface area contributed by atoms with Gasteiger partial charge in [0.1, 0.15) is 17.2 Å². The van der Waals surface area contributed by atoms with E-state index in [0.29, 0.717) is 41.7 Å². The van der Waals surface area contributed by atoms with Crippen LogP contribution < -0.4 is 18.9 Å². The Bertz CT molecular complexity index is 977. The molecule has 172 valence electrons. The Balaban J connectivity index is 1.72. The van der Waals surface area contributed by atoms with Gasteiger partial charge in [0, 0.05) is 49.7 Å². The van der Waals surface area contributed by atoms with Crippen LogP contribution in [0.5, 0.6) is 28.7 Å². The number of phenols is 1. The van der Waals surface area contributed by atoms with Crippen molar-refractivity contribution in [3.05, 3.63) is 41.5 Å². The molecule has 4 rings (SSSR count). The standard InChI is InChI=1S/C24H29NO7/c1-29-17-9-19(27)24(22(10-17)30-2)18(16-5-6-20-21(8-16)32-14-31-20)11-23(28)25-7-3-4-15(12-25)13-26/h5-6,8-10,15,18,26-27H,3-4,7,11-14H2,1-2H3. The maximum absolute atomic E-state index is 13.3. The van der Waals surface area contributed by atoms with Gasteiger partial charge < -0.3 is 34.1 Å². The fraction of sp³-hybridized carbons (Fsp3) is 0.458. The number of piperidine rings is 1. The Morgan fingerprint density at radius 2 is 2.00 bits per heavy atom.